The summed E-state index contributed by atoms with van der Waals surface area (Å²) in [4.78, 5) is 18.4. The highest BCUT2D eigenvalue weighted by Crippen LogP contribution is 2.40. The van der Waals surface area contributed by atoms with E-state index in [9.17, 15) is 9.90 Å². The van der Waals surface area contributed by atoms with Gasteiger partial charge in [-0.1, -0.05) is 48.0 Å². The summed E-state index contributed by atoms with van der Waals surface area (Å²) in [6, 6.07) is 21.9. The highest BCUT2D eigenvalue weighted by molar-refractivity contribution is 5.90. The molecule has 162 valence electrons. The van der Waals surface area contributed by atoms with Gasteiger partial charge in [0.2, 0.25) is 5.91 Å². The van der Waals surface area contributed by atoms with Crippen LogP contribution in [0, 0.1) is 6.92 Å². The largest absolute Gasteiger partial charge is 0.508 e. The number of aromatic nitrogens is 1. The molecule has 0 saturated heterocycles. The highest BCUT2D eigenvalue weighted by Gasteiger charge is 2.34. The van der Waals surface area contributed by atoms with Crippen LogP contribution >= 0.6 is 0 Å². The number of hydrogen-bond acceptors (Lipinski definition) is 3. The zero-order chi connectivity index (χ0) is 22.2. The summed E-state index contributed by atoms with van der Waals surface area (Å²) in [7, 11) is 0. The second-order valence-corrected chi connectivity index (χ2v) is 8.52. The minimum Gasteiger partial charge on any atom is -0.508 e. The van der Waals surface area contributed by atoms with Gasteiger partial charge in [-0.15, -0.1) is 0 Å². The van der Waals surface area contributed by atoms with Crippen LogP contribution in [0.3, 0.4) is 0 Å². The summed E-state index contributed by atoms with van der Waals surface area (Å²) in [6.45, 7) is 3.04. The lowest BCUT2D eigenvalue weighted by Crippen LogP contribution is -2.41. The Kier molecular flexibility index (Phi) is 5.19. The number of carbonyl (C=O) groups is 1. The summed E-state index contributed by atoms with van der Waals surface area (Å²) in [5, 5.41) is 11.3. The number of nitrogens with one attached hydrogen (secondary N) is 1. The van der Waals surface area contributed by atoms with Gasteiger partial charge in [0.25, 0.3) is 0 Å². The number of hydrogen-bond donors (Lipinski definition) is 3. The third kappa shape index (κ3) is 3.55. The van der Waals surface area contributed by atoms with E-state index in [1.807, 2.05) is 17.0 Å². The molecule has 0 bridgehead atoms. The van der Waals surface area contributed by atoms with Gasteiger partial charge < -0.3 is 20.7 Å². The molecule has 5 rings (SSSR count). The number of carbonyl (C=O) groups excluding carboxylic acids is 1. The van der Waals surface area contributed by atoms with E-state index in [4.69, 9.17) is 5.73 Å². The number of nitrogens with zero attached hydrogens (tertiary/aromatic N) is 1. The standard InChI is InChI=1S/C27H27N3O2/c1-17-4-2-5-18(14-17)19-8-9-24-23(16-19)22-11-13-30(25(32)10-12-28)27(26(22)29-24)20-6-3-7-21(31)15-20/h2-9,14-16,27,29,31H,10-13,28H2,1H3. The van der Waals surface area contributed by atoms with Crippen LogP contribution in [0.15, 0.2) is 66.7 Å². The van der Waals surface area contributed by atoms with Crippen molar-refractivity contribution in [3.63, 3.8) is 0 Å². The molecule has 4 aromatic rings. The number of aromatic hydroxyl groups is 1. The maximum Gasteiger partial charge on any atom is 0.224 e. The molecule has 2 heterocycles. The number of fused-ring (bicyclic) bond motifs is 3. The van der Waals surface area contributed by atoms with Crippen LogP contribution in [0.4, 0.5) is 0 Å². The number of aromatic amines is 1. The van der Waals surface area contributed by atoms with E-state index < -0.39 is 0 Å². The highest BCUT2D eigenvalue weighted by atomic mass is 16.3. The topological polar surface area (TPSA) is 82.4 Å². The number of nitrogens with two attached hydrogens (primary N) is 1. The Morgan fingerprint density at radius 2 is 1.91 bits per heavy atom. The van der Waals surface area contributed by atoms with Crippen molar-refractivity contribution in [1.29, 1.82) is 0 Å². The van der Waals surface area contributed by atoms with Crippen LogP contribution in [0.2, 0.25) is 0 Å². The fourth-order valence-electron chi connectivity index (χ4n) is 4.87. The molecule has 1 amide bonds. The van der Waals surface area contributed by atoms with E-state index >= 15 is 0 Å². The third-order valence-electron chi connectivity index (χ3n) is 6.34. The molecular weight excluding hydrogens is 398 g/mol. The molecule has 0 aliphatic carbocycles. The molecule has 1 aromatic heterocycles. The first-order chi connectivity index (χ1) is 15.5. The second kappa shape index (κ2) is 8.17. The lowest BCUT2D eigenvalue weighted by atomic mass is 9.91. The second-order valence-electron chi connectivity index (χ2n) is 8.52. The molecule has 0 radical (unpaired) electrons. The smallest absolute Gasteiger partial charge is 0.224 e. The summed E-state index contributed by atoms with van der Waals surface area (Å²) in [5.41, 5.74) is 13.5. The van der Waals surface area contributed by atoms with Crippen LogP contribution < -0.4 is 5.73 Å². The van der Waals surface area contributed by atoms with Crippen molar-refractivity contribution in [2.75, 3.05) is 13.1 Å². The molecule has 4 N–H and O–H groups in total. The van der Waals surface area contributed by atoms with Gasteiger partial charge in [-0.3, -0.25) is 4.79 Å². The first-order valence-electron chi connectivity index (χ1n) is 11.0. The minimum absolute atomic E-state index is 0.0330. The van der Waals surface area contributed by atoms with Gasteiger partial charge in [-0.05, 0) is 59.9 Å². The molecule has 0 spiro atoms. The molecule has 32 heavy (non-hydrogen) atoms. The van der Waals surface area contributed by atoms with E-state index in [0.717, 1.165) is 23.2 Å². The number of benzene rings is 3. The summed E-state index contributed by atoms with van der Waals surface area (Å²) >= 11 is 0. The molecule has 0 fully saturated rings. The third-order valence-corrected chi connectivity index (χ3v) is 6.34. The van der Waals surface area contributed by atoms with Gasteiger partial charge in [0.1, 0.15) is 5.75 Å². The average Bonchev–Trinajstić information content (AvgIpc) is 3.16. The van der Waals surface area contributed by atoms with Crippen molar-refractivity contribution < 1.29 is 9.90 Å². The van der Waals surface area contributed by atoms with Crippen molar-refractivity contribution >= 4 is 16.8 Å². The first-order valence-corrected chi connectivity index (χ1v) is 11.0. The van der Waals surface area contributed by atoms with E-state index in [1.165, 1.54) is 27.6 Å². The minimum atomic E-state index is -0.278. The molecule has 5 heteroatoms. The Morgan fingerprint density at radius 3 is 2.69 bits per heavy atom. The van der Waals surface area contributed by atoms with Gasteiger partial charge >= 0.3 is 0 Å². The molecule has 0 saturated carbocycles. The Hall–Kier alpha value is -3.57. The summed E-state index contributed by atoms with van der Waals surface area (Å²) in [6.07, 6.45) is 1.08. The number of phenolic OH excluding ortho intramolecular Hbond substituents is 1. The van der Waals surface area contributed by atoms with Crippen LogP contribution in [0.25, 0.3) is 22.0 Å². The lowest BCUT2D eigenvalue weighted by Gasteiger charge is -2.36. The molecule has 3 aromatic carbocycles. The number of aryl methyl sites for hydroxylation is 1. The van der Waals surface area contributed by atoms with Crippen molar-refractivity contribution in [3.8, 4) is 16.9 Å². The Labute approximate surface area is 187 Å². The Balaban J connectivity index is 1.65. The van der Waals surface area contributed by atoms with Crippen molar-refractivity contribution in [2.45, 2.75) is 25.8 Å². The van der Waals surface area contributed by atoms with Crippen molar-refractivity contribution in [2.24, 2.45) is 5.73 Å². The summed E-state index contributed by atoms with van der Waals surface area (Å²) in [5.74, 6) is 0.226. The molecule has 5 nitrogen and oxygen atoms in total. The monoisotopic (exact) mass is 425 g/mol. The maximum atomic E-state index is 12.9. The SMILES string of the molecule is Cc1cccc(-c2ccc3[nH]c4c(c3c2)CCN(C(=O)CCN)C4c2cccc(O)c2)c1. The quantitative estimate of drug-likeness (QED) is 0.444. The number of rotatable bonds is 4. The maximum absolute atomic E-state index is 12.9. The predicted molar refractivity (Wildman–Crippen MR) is 128 cm³/mol. The molecule has 1 atom stereocenters. The number of H-pyrrole nitrogens is 1. The first kappa shape index (κ1) is 20.3. The van der Waals surface area contributed by atoms with Crippen LogP contribution in [-0.2, 0) is 11.2 Å². The van der Waals surface area contributed by atoms with E-state index in [-0.39, 0.29) is 17.7 Å². The zero-order valence-electron chi connectivity index (χ0n) is 18.1. The van der Waals surface area contributed by atoms with Gasteiger partial charge in [0, 0.05) is 36.1 Å². The van der Waals surface area contributed by atoms with Crippen molar-refractivity contribution in [1.82, 2.24) is 9.88 Å². The molecule has 1 unspecified atom stereocenters. The fourth-order valence-corrected chi connectivity index (χ4v) is 4.87. The Morgan fingerprint density at radius 1 is 1.09 bits per heavy atom. The number of amides is 1. The van der Waals surface area contributed by atoms with E-state index in [1.54, 1.807) is 12.1 Å². The van der Waals surface area contributed by atoms with Gasteiger partial charge in [0.05, 0.1) is 6.04 Å². The molecule has 1 aliphatic heterocycles. The predicted octanol–water partition coefficient (Wildman–Crippen LogP) is 4.67. The van der Waals surface area contributed by atoms with Crippen LogP contribution in [0.1, 0.15) is 34.8 Å². The van der Waals surface area contributed by atoms with Crippen LogP contribution in [0.5, 0.6) is 5.75 Å². The number of phenols is 1. The zero-order valence-corrected chi connectivity index (χ0v) is 18.1. The van der Waals surface area contributed by atoms with Crippen molar-refractivity contribution in [3.05, 3.63) is 89.1 Å². The van der Waals surface area contributed by atoms with Gasteiger partial charge in [0.15, 0.2) is 0 Å². The normalized spacial score (nSPS) is 15.7. The van der Waals surface area contributed by atoms with Gasteiger partial charge in [-0.25, -0.2) is 0 Å². The average molecular weight is 426 g/mol. The molecule has 1 aliphatic rings. The lowest BCUT2D eigenvalue weighted by molar-refractivity contribution is -0.133. The summed E-state index contributed by atoms with van der Waals surface area (Å²) < 4.78 is 0. The Bertz CT molecular complexity index is 1310. The fraction of sp³-hybridized carbons (Fsp3) is 0.222. The van der Waals surface area contributed by atoms with E-state index in [2.05, 4.69) is 54.4 Å². The van der Waals surface area contributed by atoms with Gasteiger partial charge in [-0.2, -0.15) is 0 Å². The van der Waals surface area contributed by atoms with E-state index in [0.29, 0.717) is 19.5 Å². The van der Waals surface area contributed by atoms with Crippen LogP contribution in [-0.4, -0.2) is 34.0 Å². The molecular formula is C27H27N3O2.